The molecule has 1 aromatic heterocycles. The summed E-state index contributed by atoms with van der Waals surface area (Å²) in [6, 6.07) is 0. The predicted molar refractivity (Wildman–Crippen MR) is 70.4 cm³/mol. The molecule has 1 amide bonds. The Kier molecular flexibility index (Phi) is 4.15. The van der Waals surface area contributed by atoms with E-state index in [1.807, 2.05) is 6.92 Å². The van der Waals surface area contributed by atoms with E-state index in [1.54, 1.807) is 17.1 Å². The fraction of sp³-hybridized carbons (Fsp3) is 0.538. The molecule has 18 heavy (non-hydrogen) atoms. The number of carbonyl (C=O) groups is 1. The summed E-state index contributed by atoms with van der Waals surface area (Å²) in [4.78, 5) is 14.1. The molecule has 1 aromatic rings. The van der Waals surface area contributed by atoms with E-state index in [1.165, 1.54) is 5.57 Å². The molecule has 5 nitrogen and oxygen atoms in total. The van der Waals surface area contributed by atoms with Crippen molar-refractivity contribution in [1.82, 2.24) is 20.0 Å². The summed E-state index contributed by atoms with van der Waals surface area (Å²) in [5, 5.41) is 7.04. The van der Waals surface area contributed by atoms with Gasteiger partial charge in [0.25, 0.3) is 5.91 Å². The minimum Gasteiger partial charge on any atom is -0.348 e. The van der Waals surface area contributed by atoms with Crippen LogP contribution in [0.3, 0.4) is 0 Å². The zero-order valence-corrected chi connectivity index (χ0v) is 11.0. The molecule has 0 radical (unpaired) electrons. The SMILES string of the molecule is CCn1cc(C(=O)NCC2=CCN(C)CC2)cn1. The van der Waals surface area contributed by atoms with Crippen LogP contribution in [0, 0.1) is 0 Å². The van der Waals surface area contributed by atoms with Crippen molar-refractivity contribution in [2.24, 2.45) is 0 Å². The number of aromatic nitrogens is 2. The molecular formula is C13H20N4O. The van der Waals surface area contributed by atoms with Crippen LogP contribution in [0.25, 0.3) is 0 Å². The van der Waals surface area contributed by atoms with E-state index < -0.39 is 0 Å². The minimum absolute atomic E-state index is 0.0467. The first kappa shape index (κ1) is 12.8. The highest BCUT2D eigenvalue weighted by Crippen LogP contribution is 2.08. The summed E-state index contributed by atoms with van der Waals surface area (Å²) in [7, 11) is 2.10. The smallest absolute Gasteiger partial charge is 0.254 e. The lowest BCUT2D eigenvalue weighted by Crippen LogP contribution is -2.30. The number of rotatable bonds is 4. The topological polar surface area (TPSA) is 50.2 Å². The molecule has 0 atom stereocenters. The summed E-state index contributed by atoms with van der Waals surface area (Å²) < 4.78 is 1.75. The Balaban J connectivity index is 1.85. The van der Waals surface area contributed by atoms with Crippen molar-refractivity contribution in [3.05, 3.63) is 29.6 Å². The van der Waals surface area contributed by atoms with Crippen molar-refractivity contribution in [3.63, 3.8) is 0 Å². The van der Waals surface area contributed by atoms with Gasteiger partial charge in [0.05, 0.1) is 11.8 Å². The molecule has 0 saturated carbocycles. The quantitative estimate of drug-likeness (QED) is 0.805. The summed E-state index contributed by atoms with van der Waals surface area (Å²) in [5.41, 5.74) is 1.94. The molecule has 98 valence electrons. The van der Waals surface area contributed by atoms with E-state index in [-0.39, 0.29) is 5.91 Å². The molecule has 1 N–H and O–H groups in total. The Bertz CT molecular complexity index is 450. The van der Waals surface area contributed by atoms with Crippen LogP contribution in [0.1, 0.15) is 23.7 Å². The Labute approximate surface area is 107 Å². The summed E-state index contributed by atoms with van der Waals surface area (Å²) >= 11 is 0. The molecule has 0 saturated heterocycles. The van der Waals surface area contributed by atoms with Crippen LogP contribution in [0.5, 0.6) is 0 Å². The number of carbonyl (C=O) groups excluding carboxylic acids is 1. The fourth-order valence-corrected chi connectivity index (χ4v) is 1.92. The van der Waals surface area contributed by atoms with Gasteiger partial charge in [0.2, 0.25) is 0 Å². The first-order chi connectivity index (χ1) is 8.69. The van der Waals surface area contributed by atoms with Crippen LogP contribution >= 0.6 is 0 Å². The maximum absolute atomic E-state index is 11.9. The highest BCUT2D eigenvalue weighted by molar-refractivity contribution is 5.93. The monoisotopic (exact) mass is 248 g/mol. The Morgan fingerprint density at radius 1 is 1.56 bits per heavy atom. The van der Waals surface area contributed by atoms with Gasteiger partial charge < -0.3 is 10.2 Å². The number of aryl methyl sites for hydroxylation is 1. The number of amides is 1. The number of nitrogens with one attached hydrogen (secondary N) is 1. The average molecular weight is 248 g/mol. The van der Waals surface area contributed by atoms with Crippen molar-refractivity contribution in [2.45, 2.75) is 19.9 Å². The zero-order valence-electron chi connectivity index (χ0n) is 11.0. The largest absolute Gasteiger partial charge is 0.348 e. The molecular weight excluding hydrogens is 228 g/mol. The molecule has 2 heterocycles. The van der Waals surface area contributed by atoms with Gasteiger partial charge in [-0.05, 0) is 20.4 Å². The molecule has 0 aliphatic carbocycles. The fourth-order valence-electron chi connectivity index (χ4n) is 1.92. The third kappa shape index (κ3) is 3.20. The van der Waals surface area contributed by atoms with Crippen LogP contribution < -0.4 is 5.32 Å². The Morgan fingerprint density at radius 2 is 2.39 bits per heavy atom. The minimum atomic E-state index is -0.0467. The number of hydrogen-bond acceptors (Lipinski definition) is 3. The zero-order chi connectivity index (χ0) is 13.0. The lowest BCUT2D eigenvalue weighted by molar-refractivity contribution is 0.0956. The van der Waals surface area contributed by atoms with E-state index >= 15 is 0 Å². The Morgan fingerprint density at radius 3 is 3.00 bits per heavy atom. The summed E-state index contributed by atoms with van der Waals surface area (Å²) in [5.74, 6) is -0.0467. The van der Waals surface area contributed by atoms with E-state index in [0.717, 1.165) is 26.1 Å². The molecule has 1 aliphatic heterocycles. The third-order valence-electron chi connectivity index (χ3n) is 3.20. The van der Waals surface area contributed by atoms with Crippen LogP contribution in [0.15, 0.2) is 24.0 Å². The second-order valence-corrected chi connectivity index (χ2v) is 4.64. The average Bonchev–Trinajstić information content (AvgIpc) is 2.86. The van der Waals surface area contributed by atoms with E-state index in [9.17, 15) is 4.79 Å². The van der Waals surface area contributed by atoms with Crippen molar-refractivity contribution in [1.29, 1.82) is 0 Å². The maximum Gasteiger partial charge on any atom is 0.254 e. The second-order valence-electron chi connectivity index (χ2n) is 4.64. The van der Waals surface area contributed by atoms with Gasteiger partial charge in [-0.3, -0.25) is 9.48 Å². The van der Waals surface area contributed by atoms with E-state index in [2.05, 4.69) is 28.4 Å². The van der Waals surface area contributed by atoms with Crippen LogP contribution in [0.2, 0.25) is 0 Å². The van der Waals surface area contributed by atoms with Crippen molar-refractivity contribution in [2.75, 3.05) is 26.7 Å². The first-order valence-electron chi connectivity index (χ1n) is 6.36. The molecule has 5 heteroatoms. The lowest BCUT2D eigenvalue weighted by Gasteiger charge is -2.21. The molecule has 0 bridgehead atoms. The summed E-state index contributed by atoms with van der Waals surface area (Å²) in [6.07, 6.45) is 6.62. The van der Waals surface area contributed by atoms with Crippen LogP contribution in [-0.2, 0) is 6.54 Å². The number of likely N-dealkylation sites (N-methyl/N-ethyl adjacent to an activating group) is 1. The lowest BCUT2D eigenvalue weighted by atomic mass is 10.1. The van der Waals surface area contributed by atoms with Gasteiger partial charge in [0.15, 0.2) is 0 Å². The molecule has 2 rings (SSSR count). The third-order valence-corrected chi connectivity index (χ3v) is 3.20. The van der Waals surface area contributed by atoms with E-state index in [4.69, 9.17) is 0 Å². The van der Waals surface area contributed by atoms with Crippen LogP contribution in [0.4, 0.5) is 0 Å². The molecule has 0 unspecified atom stereocenters. The first-order valence-corrected chi connectivity index (χ1v) is 6.36. The highest BCUT2D eigenvalue weighted by Gasteiger charge is 2.11. The molecule has 0 spiro atoms. The van der Waals surface area contributed by atoms with Gasteiger partial charge >= 0.3 is 0 Å². The van der Waals surface area contributed by atoms with Crippen LogP contribution in [-0.4, -0.2) is 47.3 Å². The molecule has 0 fully saturated rings. The second kappa shape index (κ2) is 5.82. The molecule has 0 aromatic carbocycles. The highest BCUT2D eigenvalue weighted by atomic mass is 16.1. The standard InChI is InChI=1S/C13H20N4O/c1-3-17-10-12(9-15-17)13(18)14-8-11-4-6-16(2)7-5-11/h4,9-10H,3,5-8H2,1-2H3,(H,14,18). The number of nitrogens with zero attached hydrogens (tertiary/aromatic N) is 3. The predicted octanol–water partition coefficient (Wildman–Crippen LogP) is 0.895. The van der Waals surface area contributed by atoms with Gasteiger partial charge in [0, 0.05) is 32.4 Å². The van der Waals surface area contributed by atoms with Gasteiger partial charge in [-0.1, -0.05) is 11.6 Å². The van der Waals surface area contributed by atoms with Crippen molar-refractivity contribution in [3.8, 4) is 0 Å². The number of hydrogen-bond donors (Lipinski definition) is 1. The Hall–Kier alpha value is -1.62. The maximum atomic E-state index is 11.9. The molecule has 1 aliphatic rings. The summed E-state index contributed by atoms with van der Waals surface area (Å²) in [6.45, 7) is 5.46. The van der Waals surface area contributed by atoms with Gasteiger partial charge in [-0.25, -0.2) is 0 Å². The van der Waals surface area contributed by atoms with Crippen molar-refractivity contribution >= 4 is 5.91 Å². The normalized spacial score (nSPS) is 16.4. The van der Waals surface area contributed by atoms with E-state index in [0.29, 0.717) is 12.1 Å². The van der Waals surface area contributed by atoms with Gasteiger partial charge in [0.1, 0.15) is 0 Å². The van der Waals surface area contributed by atoms with Gasteiger partial charge in [-0.2, -0.15) is 5.10 Å². The van der Waals surface area contributed by atoms with Gasteiger partial charge in [-0.15, -0.1) is 0 Å². The van der Waals surface area contributed by atoms with Crippen molar-refractivity contribution < 1.29 is 4.79 Å².